The van der Waals surface area contributed by atoms with Gasteiger partial charge in [-0.3, -0.25) is 0 Å². The summed E-state index contributed by atoms with van der Waals surface area (Å²) in [5, 5.41) is 7.87. The highest BCUT2D eigenvalue weighted by atomic mass is 14.0. The van der Waals surface area contributed by atoms with Gasteiger partial charge in [0, 0.05) is 0 Å². The number of benzene rings is 6. The topological polar surface area (TPSA) is 0 Å². The summed E-state index contributed by atoms with van der Waals surface area (Å²) in [4.78, 5) is 0. The molecule has 0 heteroatoms. The molecular formula is C30H24. The normalized spacial score (nSPS) is 10.0. The lowest BCUT2D eigenvalue weighted by Crippen LogP contribution is -1.74. The van der Waals surface area contributed by atoms with Crippen LogP contribution in [0.25, 0.3) is 32.3 Å². The van der Waals surface area contributed by atoms with Crippen LogP contribution < -0.4 is 0 Å². The SMILES string of the molecule is c1ccc2cc3ccccc3cc2c1.c1ccc2ccccc2c1.c1ccccc1. The van der Waals surface area contributed by atoms with Gasteiger partial charge in [0.05, 0.1) is 0 Å². The second-order valence-corrected chi connectivity index (χ2v) is 7.05. The van der Waals surface area contributed by atoms with E-state index >= 15 is 0 Å². The van der Waals surface area contributed by atoms with Crippen LogP contribution in [0.1, 0.15) is 0 Å². The van der Waals surface area contributed by atoms with E-state index in [0.717, 1.165) is 0 Å². The third-order valence-corrected chi connectivity index (χ3v) is 4.94. The minimum Gasteiger partial charge on any atom is -0.0623 e. The van der Waals surface area contributed by atoms with E-state index in [1.807, 2.05) is 36.4 Å². The molecule has 6 aromatic carbocycles. The van der Waals surface area contributed by atoms with Gasteiger partial charge in [0.15, 0.2) is 0 Å². The quantitative estimate of drug-likeness (QED) is 0.230. The molecule has 0 fully saturated rings. The molecule has 0 saturated heterocycles. The van der Waals surface area contributed by atoms with Crippen molar-refractivity contribution in [3.63, 3.8) is 0 Å². The fourth-order valence-electron chi connectivity index (χ4n) is 3.40. The zero-order valence-electron chi connectivity index (χ0n) is 16.9. The zero-order valence-corrected chi connectivity index (χ0v) is 16.9. The molecule has 0 nitrogen and oxygen atoms in total. The maximum absolute atomic E-state index is 2.24. The third kappa shape index (κ3) is 5.12. The summed E-state index contributed by atoms with van der Waals surface area (Å²) in [6.45, 7) is 0. The van der Waals surface area contributed by atoms with Crippen LogP contribution in [-0.4, -0.2) is 0 Å². The molecule has 0 N–H and O–H groups in total. The molecule has 0 amide bonds. The summed E-state index contributed by atoms with van der Waals surface area (Å²) in [5.74, 6) is 0. The van der Waals surface area contributed by atoms with Gasteiger partial charge in [-0.15, -0.1) is 0 Å². The fourth-order valence-corrected chi connectivity index (χ4v) is 3.40. The summed E-state index contributed by atoms with van der Waals surface area (Å²) in [6.07, 6.45) is 0. The number of rotatable bonds is 0. The van der Waals surface area contributed by atoms with Crippen molar-refractivity contribution in [3.05, 3.63) is 146 Å². The van der Waals surface area contributed by atoms with E-state index in [1.54, 1.807) is 0 Å². The molecule has 0 aliphatic rings. The van der Waals surface area contributed by atoms with Gasteiger partial charge in [-0.25, -0.2) is 0 Å². The Morgan fingerprint density at radius 1 is 0.200 bits per heavy atom. The van der Waals surface area contributed by atoms with E-state index < -0.39 is 0 Å². The molecule has 0 atom stereocenters. The maximum atomic E-state index is 2.24. The Morgan fingerprint density at radius 3 is 0.633 bits per heavy atom. The first kappa shape index (κ1) is 19.4. The monoisotopic (exact) mass is 384 g/mol. The number of hydrogen-bond acceptors (Lipinski definition) is 0. The van der Waals surface area contributed by atoms with E-state index in [1.165, 1.54) is 32.3 Å². The fraction of sp³-hybridized carbons (Fsp3) is 0. The summed E-state index contributed by atoms with van der Waals surface area (Å²) in [5.41, 5.74) is 0. The molecule has 0 radical (unpaired) electrons. The van der Waals surface area contributed by atoms with Gasteiger partial charge in [0.1, 0.15) is 0 Å². The lowest BCUT2D eigenvalue weighted by Gasteiger charge is -2.00. The minimum atomic E-state index is 1.31. The predicted octanol–water partition coefficient (Wildman–Crippen LogP) is 8.52. The van der Waals surface area contributed by atoms with Crippen LogP contribution in [0, 0.1) is 0 Å². The highest BCUT2D eigenvalue weighted by Crippen LogP contribution is 2.22. The molecule has 30 heavy (non-hydrogen) atoms. The molecule has 0 spiro atoms. The van der Waals surface area contributed by atoms with Gasteiger partial charge in [-0.1, -0.05) is 133 Å². The Hall–Kier alpha value is -3.90. The Balaban J connectivity index is 0.000000119. The van der Waals surface area contributed by atoms with Crippen LogP contribution in [-0.2, 0) is 0 Å². The van der Waals surface area contributed by atoms with Gasteiger partial charge in [0.25, 0.3) is 0 Å². The van der Waals surface area contributed by atoms with E-state index in [4.69, 9.17) is 0 Å². The largest absolute Gasteiger partial charge is 0.0623 e. The second-order valence-electron chi connectivity index (χ2n) is 7.05. The van der Waals surface area contributed by atoms with Crippen molar-refractivity contribution in [2.75, 3.05) is 0 Å². The van der Waals surface area contributed by atoms with Crippen LogP contribution in [0.3, 0.4) is 0 Å². The van der Waals surface area contributed by atoms with Gasteiger partial charge in [-0.2, -0.15) is 0 Å². The number of hydrogen-bond donors (Lipinski definition) is 0. The highest BCUT2D eigenvalue weighted by Gasteiger charge is 1.95. The molecule has 6 aromatic rings. The van der Waals surface area contributed by atoms with Gasteiger partial charge in [0.2, 0.25) is 0 Å². The average molecular weight is 385 g/mol. The van der Waals surface area contributed by atoms with E-state index in [0.29, 0.717) is 0 Å². The standard InChI is InChI=1S/C14H10.C10H8.C6H6/c1-2-6-12-10-14-8-4-3-7-13(14)9-11(12)5-1;1-2-6-10-8-4-3-7-9(10)5-1;1-2-4-6-5-3-1/h1-10H;1-8H;1-6H. The minimum absolute atomic E-state index is 1.31. The molecule has 144 valence electrons. The van der Waals surface area contributed by atoms with Crippen molar-refractivity contribution in [2.45, 2.75) is 0 Å². The summed E-state index contributed by atoms with van der Waals surface area (Å²) < 4.78 is 0. The molecule has 0 aliphatic heterocycles. The van der Waals surface area contributed by atoms with Crippen molar-refractivity contribution >= 4 is 32.3 Å². The molecular weight excluding hydrogens is 360 g/mol. The molecule has 0 aromatic heterocycles. The molecule has 6 rings (SSSR count). The van der Waals surface area contributed by atoms with Crippen molar-refractivity contribution < 1.29 is 0 Å². The lowest BCUT2D eigenvalue weighted by atomic mass is 10.0. The summed E-state index contributed by atoms with van der Waals surface area (Å²) in [7, 11) is 0. The summed E-state index contributed by atoms with van der Waals surface area (Å²) in [6, 6.07) is 50.1. The average Bonchev–Trinajstić information content (AvgIpc) is 2.85. The molecule has 0 bridgehead atoms. The number of fused-ring (bicyclic) bond motifs is 3. The smallest absolute Gasteiger partial charge is 0.0178 e. The summed E-state index contributed by atoms with van der Waals surface area (Å²) >= 11 is 0. The van der Waals surface area contributed by atoms with E-state index in [-0.39, 0.29) is 0 Å². The molecule has 0 unspecified atom stereocenters. The molecule has 0 saturated carbocycles. The van der Waals surface area contributed by atoms with E-state index in [9.17, 15) is 0 Å². The van der Waals surface area contributed by atoms with Gasteiger partial charge < -0.3 is 0 Å². The Kier molecular flexibility index (Phi) is 6.50. The van der Waals surface area contributed by atoms with Crippen LogP contribution in [0.2, 0.25) is 0 Å². The Morgan fingerprint density at radius 2 is 0.400 bits per heavy atom. The third-order valence-electron chi connectivity index (χ3n) is 4.94. The van der Waals surface area contributed by atoms with Gasteiger partial charge in [-0.05, 0) is 44.5 Å². The van der Waals surface area contributed by atoms with Crippen LogP contribution in [0.5, 0.6) is 0 Å². The highest BCUT2D eigenvalue weighted by molar-refractivity contribution is 5.98. The van der Waals surface area contributed by atoms with Gasteiger partial charge >= 0.3 is 0 Å². The Labute approximate surface area is 178 Å². The first-order valence-electron chi connectivity index (χ1n) is 10.2. The lowest BCUT2D eigenvalue weighted by molar-refractivity contribution is 1.72. The van der Waals surface area contributed by atoms with Crippen molar-refractivity contribution in [1.29, 1.82) is 0 Å². The zero-order chi connectivity index (χ0) is 20.4. The first-order chi connectivity index (χ1) is 14.9. The van der Waals surface area contributed by atoms with Crippen LogP contribution in [0.15, 0.2) is 146 Å². The van der Waals surface area contributed by atoms with Crippen LogP contribution >= 0.6 is 0 Å². The molecule has 0 heterocycles. The predicted molar refractivity (Wildman–Crippen MR) is 132 cm³/mol. The second kappa shape index (κ2) is 10.0. The van der Waals surface area contributed by atoms with Crippen molar-refractivity contribution in [1.82, 2.24) is 0 Å². The van der Waals surface area contributed by atoms with Crippen molar-refractivity contribution in [2.24, 2.45) is 0 Å². The van der Waals surface area contributed by atoms with Crippen LogP contribution in [0.4, 0.5) is 0 Å². The van der Waals surface area contributed by atoms with E-state index in [2.05, 4.69) is 109 Å². The Bertz CT molecular complexity index is 1140. The first-order valence-corrected chi connectivity index (χ1v) is 10.2. The van der Waals surface area contributed by atoms with Crippen molar-refractivity contribution in [3.8, 4) is 0 Å². The molecule has 0 aliphatic carbocycles. The maximum Gasteiger partial charge on any atom is -0.0178 e.